The van der Waals surface area contributed by atoms with E-state index in [1.165, 1.54) is 21.6 Å². The van der Waals surface area contributed by atoms with E-state index in [4.69, 9.17) is 0 Å². The van der Waals surface area contributed by atoms with Crippen molar-refractivity contribution in [1.82, 2.24) is 19.6 Å². The van der Waals surface area contributed by atoms with Gasteiger partial charge in [-0.15, -0.1) is 0 Å². The lowest BCUT2D eigenvalue weighted by atomic mass is 10.4. The highest BCUT2D eigenvalue weighted by molar-refractivity contribution is 5.78. The Morgan fingerprint density at radius 1 is 1.44 bits per heavy atom. The summed E-state index contributed by atoms with van der Waals surface area (Å²) in [6, 6.07) is 3.03. The van der Waals surface area contributed by atoms with Gasteiger partial charge in [0.2, 0.25) is 0 Å². The molecule has 18 heavy (non-hydrogen) atoms. The van der Waals surface area contributed by atoms with Gasteiger partial charge in [-0.25, -0.2) is 4.68 Å². The number of aryl methyl sites for hydroxylation is 2. The second-order valence-corrected chi connectivity index (χ2v) is 3.86. The predicted molar refractivity (Wildman–Crippen MR) is 61.2 cm³/mol. The van der Waals surface area contributed by atoms with Crippen LogP contribution in [0, 0.1) is 24.0 Å². The van der Waals surface area contributed by atoms with Gasteiger partial charge in [-0.3, -0.25) is 4.79 Å². The zero-order valence-electron chi connectivity index (χ0n) is 9.90. The molecule has 0 radical (unpaired) electrons. The summed E-state index contributed by atoms with van der Waals surface area (Å²) >= 11 is 0. The molecular formula is C10H11N5O3. The zero-order valence-corrected chi connectivity index (χ0v) is 9.90. The SMILES string of the molecule is Cc1cc(C)n(C(=O)Cn2ccc([N+](=O)[O-])n2)n1. The Balaban J connectivity index is 2.16. The molecular weight excluding hydrogens is 238 g/mol. The smallest absolute Gasteiger partial charge is 0.358 e. The van der Waals surface area contributed by atoms with Gasteiger partial charge in [0.15, 0.2) is 0 Å². The van der Waals surface area contributed by atoms with Crippen LogP contribution in [0.4, 0.5) is 5.82 Å². The van der Waals surface area contributed by atoms with Crippen LogP contribution in [0.25, 0.3) is 0 Å². The van der Waals surface area contributed by atoms with Crippen LogP contribution in [-0.4, -0.2) is 30.4 Å². The van der Waals surface area contributed by atoms with Gasteiger partial charge in [0.05, 0.1) is 23.1 Å². The van der Waals surface area contributed by atoms with E-state index in [9.17, 15) is 14.9 Å². The van der Waals surface area contributed by atoms with E-state index in [1.807, 2.05) is 0 Å². The maximum Gasteiger partial charge on any atom is 0.389 e. The van der Waals surface area contributed by atoms with Crippen LogP contribution >= 0.6 is 0 Å². The monoisotopic (exact) mass is 249 g/mol. The van der Waals surface area contributed by atoms with Crippen molar-refractivity contribution >= 4 is 11.7 Å². The molecule has 94 valence electrons. The van der Waals surface area contributed by atoms with Gasteiger partial charge in [0.25, 0.3) is 5.91 Å². The molecule has 0 amide bonds. The van der Waals surface area contributed by atoms with E-state index in [-0.39, 0.29) is 18.3 Å². The maximum atomic E-state index is 11.9. The minimum absolute atomic E-state index is 0.0875. The number of aromatic nitrogens is 4. The lowest BCUT2D eigenvalue weighted by molar-refractivity contribution is -0.389. The second-order valence-electron chi connectivity index (χ2n) is 3.86. The molecule has 0 saturated carbocycles. The largest absolute Gasteiger partial charge is 0.389 e. The summed E-state index contributed by atoms with van der Waals surface area (Å²) in [7, 11) is 0. The van der Waals surface area contributed by atoms with Crippen molar-refractivity contribution in [3.8, 4) is 0 Å². The Bertz CT molecular complexity index is 613. The van der Waals surface area contributed by atoms with E-state index >= 15 is 0 Å². The third-order valence-electron chi connectivity index (χ3n) is 2.36. The first-order chi connectivity index (χ1) is 8.47. The van der Waals surface area contributed by atoms with Crippen molar-refractivity contribution in [2.75, 3.05) is 0 Å². The molecule has 0 bridgehead atoms. The van der Waals surface area contributed by atoms with Crippen LogP contribution in [0.15, 0.2) is 18.3 Å². The maximum absolute atomic E-state index is 11.9. The molecule has 0 saturated heterocycles. The number of rotatable bonds is 3. The number of carbonyl (C=O) groups excluding carboxylic acids is 1. The van der Waals surface area contributed by atoms with Gasteiger partial charge in [0, 0.05) is 5.69 Å². The molecule has 0 fully saturated rings. The van der Waals surface area contributed by atoms with Gasteiger partial charge >= 0.3 is 5.82 Å². The van der Waals surface area contributed by atoms with Crippen molar-refractivity contribution < 1.29 is 9.72 Å². The first-order valence-electron chi connectivity index (χ1n) is 5.21. The van der Waals surface area contributed by atoms with Gasteiger partial charge < -0.3 is 10.1 Å². The average Bonchev–Trinajstić information content (AvgIpc) is 2.85. The third-order valence-corrected chi connectivity index (χ3v) is 2.36. The van der Waals surface area contributed by atoms with Gasteiger partial charge in [-0.05, 0) is 24.8 Å². The lowest BCUT2D eigenvalue weighted by Crippen LogP contribution is -2.20. The molecule has 8 heteroatoms. The minimum Gasteiger partial charge on any atom is -0.358 e. The Labute approximate surface area is 102 Å². The van der Waals surface area contributed by atoms with Crippen LogP contribution in [-0.2, 0) is 6.54 Å². The van der Waals surface area contributed by atoms with E-state index in [1.54, 1.807) is 19.9 Å². The lowest BCUT2D eigenvalue weighted by Gasteiger charge is -2.00. The predicted octanol–water partition coefficient (Wildman–Crippen LogP) is 0.945. The summed E-state index contributed by atoms with van der Waals surface area (Å²) in [5.41, 5.74) is 1.46. The van der Waals surface area contributed by atoms with E-state index in [0.717, 1.165) is 11.4 Å². The molecule has 2 aromatic rings. The third kappa shape index (κ3) is 2.26. The zero-order chi connectivity index (χ0) is 13.3. The standard InChI is InChI=1S/C10H11N5O3/c1-7-5-8(2)14(11-7)10(16)6-13-4-3-9(12-13)15(17)18/h3-5H,6H2,1-2H3. The summed E-state index contributed by atoms with van der Waals surface area (Å²) < 4.78 is 2.49. The van der Waals surface area contributed by atoms with Gasteiger partial charge in [0.1, 0.15) is 6.54 Å². The van der Waals surface area contributed by atoms with Gasteiger partial charge in [-0.1, -0.05) is 0 Å². The Hall–Kier alpha value is -2.51. The van der Waals surface area contributed by atoms with Crippen LogP contribution in [0.2, 0.25) is 0 Å². The molecule has 0 aliphatic rings. The van der Waals surface area contributed by atoms with Crippen molar-refractivity contribution in [2.45, 2.75) is 20.4 Å². The molecule has 2 rings (SSSR count). The molecule has 0 atom stereocenters. The molecule has 0 unspecified atom stereocenters. The molecule has 0 aliphatic carbocycles. The summed E-state index contributed by atoms with van der Waals surface area (Å²) in [6.07, 6.45) is 1.39. The quantitative estimate of drug-likeness (QED) is 0.596. The first kappa shape index (κ1) is 12.0. The number of hydrogen-bond donors (Lipinski definition) is 0. The summed E-state index contributed by atoms with van der Waals surface area (Å²) in [5, 5.41) is 18.2. The number of nitrogens with zero attached hydrogens (tertiary/aromatic N) is 5. The number of nitro groups is 1. The van der Waals surface area contributed by atoms with Crippen LogP contribution < -0.4 is 0 Å². The fourth-order valence-electron chi connectivity index (χ4n) is 1.62. The minimum atomic E-state index is -0.607. The van der Waals surface area contributed by atoms with Gasteiger partial charge in [-0.2, -0.15) is 9.78 Å². The Morgan fingerprint density at radius 2 is 2.17 bits per heavy atom. The fraction of sp³-hybridized carbons (Fsp3) is 0.300. The molecule has 2 heterocycles. The summed E-state index contributed by atoms with van der Waals surface area (Å²) in [5.74, 6) is -0.574. The van der Waals surface area contributed by atoms with Crippen LogP contribution in [0.1, 0.15) is 16.2 Å². The number of hydrogen-bond acceptors (Lipinski definition) is 5. The first-order valence-corrected chi connectivity index (χ1v) is 5.21. The molecule has 0 N–H and O–H groups in total. The van der Waals surface area contributed by atoms with Crippen molar-refractivity contribution in [1.29, 1.82) is 0 Å². The Kier molecular flexibility index (Phi) is 2.92. The highest BCUT2D eigenvalue weighted by atomic mass is 16.6. The molecule has 0 spiro atoms. The molecule has 8 nitrogen and oxygen atoms in total. The summed E-state index contributed by atoms with van der Waals surface area (Å²) in [4.78, 5) is 21.7. The van der Waals surface area contributed by atoms with Crippen molar-refractivity contribution in [3.63, 3.8) is 0 Å². The highest BCUT2D eigenvalue weighted by Crippen LogP contribution is 2.06. The second kappa shape index (κ2) is 4.40. The molecule has 2 aromatic heterocycles. The van der Waals surface area contributed by atoms with Crippen molar-refractivity contribution in [3.05, 3.63) is 39.8 Å². The van der Waals surface area contributed by atoms with Crippen LogP contribution in [0.3, 0.4) is 0 Å². The normalized spacial score (nSPS) is 10.6. The van der Waals surface area contributed by atoms with E-state index in [2.05, 4.69) is 10.2 Å². The topological polar surface area (TPSA) is 95.8 Å². The van der Waals surface area contributed by atoms with E-state index in [0.29, 0.717) is 0 Å². The fourth-order valence-corrected chi connectivity index (χ4v) is 1.62. The average molecular weight is 249 g/mol. The van der Waals surface area contributed by atoms with Crippen LogP contribution in [0.5, 0.6) is 0 Å². The molecule has 0 aliphatic heterocycles. The van der Waals surface area contributed by atoms with Crippen molar-refractivity contribution in [2.24, 2.45) is 0 Å². The Morgan fingerprint density at radius 3 is 2.67 bits per heavy atom. The highest BCUT2D eigenvalue weighted by Gasteiger charge is 2.16. The molecule has 0 aromatic carbocycles. The van der Waals surface area contributed by atoms with E-state index < -0.39 is 4.92 Å². The summed E-state index contributed by atoms with van der Waals surface area (Å²) in [6.45, 7) is 3.47. The number of carbonyl (C=O) groups is 1.